The minimum atomic E-state index is -2.53. The lowest BCUT2D eigenvalue weighted by Crippen LogP contribution is -2.70. The van der Waals surface area contributed by atoms with E-state index in [1.54, 1.807) is 0 Å². The fourth-order valence-electron chi connectivity index (χ4n) is 7.81. The molecule has 10 N–H and O–H groups in total. The Hall–Kier alpha value is -1.22. The van der Waals surface area contributed by atoms with Gasteiger partial charge in [-0.05, 0) is 73.0 Å². The Balaban J connectivity index is 2.49. The Bertz CT molecular complexity index is 694. The lowest BCUT2D eigenvalue weighted by molar-refractivity contribution is -0.200. The molecule has 0 saturated heterocycles. The summed E-state index contributed by atoms with van der Waals surface area (Å²) in [4.78, 5) is 25.4. The zero-order valence-electron chi connectivity index (χ0n) is 20.8. The monoisotopic (exact) mass is 454 g/mol. The number of rotatable bonds is 7. The molecule has 2 aliphatic carbocycles. The molecule has 0 aliphatic heterocycles. The smallest absolute Gasteiger partial charge is 0.253 e. The van der Waals surface area contributed by atoms with Gasteiger partial charge in [-0.1, -0.05) is 41.5 Å². The Morgan fingerprint density at radius 3 is 1.22 bits per heavy atom. The van der Waals surface area contributed by atoms with Crippen molar-refractivity contribution < 1.29 is 19.8 Å². The molecule has 0 spiro atoms. The lowest BCUT2D eigenvalue weighted by atomic mass is 9.54. The van der Waals surface area contributed by atoms with E-state index in [0.717, 1.165) is 12.8 Å². The van der Waals surface area contributed by atoms with Crippen molar-refractivity contribution >= 4 is 11.8 Å². The van der Waals surface area contributed by atoms with Crippen LogP contribution in [0.3, 0.4) is 0 Å². The highest BCUT2D eigenvalue weighted by molar-refractivity contribution is 5.96. The zero-order valence-corrected chi connectivity index (χ0v) is 20.8. The number of hydrogen-bond acceptors (Lipinski definition) is 6. The number of aliphatic hydroxyl groups is 2. The van der Waals surface area contributed by atoms with Crippen LogP contribution in [-0.4, -0.2) is 45.3 Å². The third kappa shape index (κ3) is 5.46. The molecule has 2 aliphatic rings. The summed E-state index contributed by atoms with van der Waals surface area (Å²) in [7, 11) is 0. The van der Waals surface area contributed by atoms with Crippen LogP contribution in [0.15, 0.2) is 0 Å². The Morgan fingerprint density at radius 2 is 1.00 bits per heavy atom. The maximum atomic E-state index is 12.7. The summed E-state index contributed by atoms with van der Waals surface area (Å²) in [6.45, 7) is 12.2. The van der Waals surface area contributed by atoms with Gasteiger partial charge in [-0.25, -0.2) is 0 Å². The van der Waals surface area contributed by atoms with Gasteiger partial charge in [0.25, 0.3) is 11.8 Å². The van der Waals surface area contributed by atoms with Gasteiger partial charge in [0.1, 0.15) is 0 Å². The number of primary amides is 2. The van der Waals surface area contributed by atoms with Gasteiger partial charge in [-0.15, -0.1) is 0 Å². The zero-order chi connectivity index (χ0) is 25.0. The average molecular weight is 455 g/mol. The van der Waals surface area contributed by atoms with Gasteiger partial charge >= 0.3 is 0 Å². The van der Waals surface area contributed by atoms with Gasteiger partial charge < -0.3 is 33.1 Å². The fraction of sp³-hybridized carbons (Fsp3) is 0.917. The van der Waals surface area contributed by atoms with Crippen molar-refractivity contribution in [3.05, 3.63) is 0 Å². The van der Waals surface area contributed by atoms with Crippen molar-refractivity contribution in [1.82, 2.24) is 0 Å². The van der Waals surface area contributed by atoms with Gasteiger partial charge in [0.15, 0.2) is 11.2 Å². The number of carbonyl (C=O) groups is 2. The molecule has 32 heavy (non-hydrogen) atoms. The maximum Gasteiger partial charge on any atom is 0.253 e. The second kappa shape index (κ2) is 8.22. The summed E-state index contributed by atoms with van der Waals surface area (Å²) in [5.74, 6) is -2.31. The molecule has 0 aromatic carbocycles. The second-order valence-corrected chi connectivity index (χ2v) is 13.4. The van der Waals surface area contributed by atoms with Crippen LogP contribution >= 0.6 is 0 Å². The van der Waals surface area contributed by atoms with Crippen LogP contribution in [0.4, 0.5) is 0 Å². The third-order valence-corrected chi connectivity index (χ3v) is 7.81. The van der Waals surface area contributed by atoms with Crippen LogP contribution in [0.1, 0.15) is 92.9 Å². The van der Waals surface area contributed by atoms with E-state index in [0.29, 0.717) is 25.7 Å². The van der Waals surface area contributed by atoms with Gasteiger partial charge in [0.2, 0.25) is 0 Å². The average Bonchev–Trinajstić information content (AvgIpc) is 2.47. The molecular weight excluding hydrogens is 408 g/mol. The lowest BCUT2D eigenvalue weighted by Gasteiger charge is -2.53. The van der Waals surface area contributed by atoms with Crippen molar-refractivity contribution in [3.63, 3.8) is 0 Å². The Labute approximate surface area is 192 Å². The highest BCUT2D eigenvalue weighted by Gasteiger charge is 2.63. The molecule has 8 heteroatoms. The number of carbonyl (C=O) groups excluding carboxylic acids is 2. The van der Waals surface area contributed by atoms with Crippen LogP contribution in [0.25, 0.3) is 0 Å². The molecule has 2 saturated carbocycles. The van der Waals surface area contributed by atoms with E-state index in [4.69, 9.17) is 22.9 Å². The maximum absolute atomic E-state index is 12.7. The van der Waals surface area contributed by atoms with Crippen LogP contribution in [0.5, 0.6) is 0 Å². The van der Waals surface area contributed by atoms with Gasteiger partial charge in [0, 0.05) is 12.1 Å². The minimum Gasteiger partial charge on any atom is -0.377 e. The summed E-state index contributed by atoms with van der Waals surface area (Å²) < 4.78 is 0. The molecular formula is C24H46N4O4. The summed E-state index contributed by atoms with van der Waals surface area (Å²) in [5.41, 5.74) is 17.4. The Kier molecular flexibility index (Phi) is 6.94. The SMILES string of the molecule is CC1(C)CC(N)CC(C)(CC(O)(C(N)=O)C(O)(CC2(C)CC(N)CC(C)(C)C2)C(N)=O)C1. The topological polar surface area (TPSA) is 179 Å². The number of nitrogens with two attached hydrogens (primary N) is 4. The fourth-order valence-corrected chi connectivity index (χ4v) is 7.81. The van der Waals surface area contributed by atoms with Crippen molar-refractivity contribution in [1.29, 1.82) is 0 Å². The van der Waals surface area contributed by atoms with Crippen molar-refractivity contribution in [2.45, 2.75) is 116 Å². The van der Waals surface area contributed by atoms with Crippen molar-refractivity contribution in [2.24, 2.45) is 44.6 Å². The molecule has 0 aromatic rings. The van der Waals surface area contributed by atoms with Gasteiger partial charge in [-0.3, -0.25) is 9.59 Å². The largest absolute Gasteiger partial charge is 0.377 e. The number of hydrogen-bond donors (Lipinski definition) is 6. The van der Waals surface area contributed by atoms with Gasteiger partial charge in [0.05, 0.1) is 0 Å². The Morgan fingerprint density at radius 1 is 0.719 bits per heavy atom. The highest BCUT2D eigenvalue weighted by Crippen LogP contribution is 2.54. The number of amides is 2. The molecule has 2 rings (SSSR count). The normalized spacial score (nSPS) is 38.3. The summed E-state index contributed by atoms with van der Waals surface area (Å²) >= 11 is 0. The standard InChI is InChI=1S/C24H46N4O4/c1-19(2)7-15(25)9-21(5,11-19)13-23(31,17(27)29)24(32,18(28)30)14-22(6)10-16(26)8-20(3,4)12-22/h15-16,31-32H,7-14,25-26H2,1-6H3,(H2,27,29)(H2,28,30). The van der Waals surface area contributed by atoms with Crippen LogP contribution in [-0.2, 0) is 9.59 Å². The van der Waals surface area contributed by atoms with Crippen LogP contribution in [0.2, 0.25) is 0 Å². The quantitative estimate of drug-likeness (QED) is 0.337. The van der Waals surface area contributed by atoms with E-state index in [1.165, 1.54) is 0 Å². The summed E-state index contributed by atoms with van der Waals surface area (Å²) in [6.07, 6.45) is 3.62. The van der Waals surface area contributed by atoms with Crippen LogP contribution in [0, 0.1) is 21.7 Å². The van der Waals surface area contributed by atoms with E-state index in [9.17, 15) is 19.8 Å². The van der Waals surface area contributed by atoms with Crippen molar-refractivity contribution in [3.8, 4) is 0 Å². The first-order valence-electron chi connectivity index (χ1n) is 11.7. The van der Waals surface area contributed by atoms with Crippen molar-refractivity contribution in [2.75, 3.05) is 0 Å². The molecule has 2 amide bonds. The van der Waals surface area contributed by atoms with E-state index >= 15 is 0 Å². The second-order valence-electron chi connectivity index (χ2n) is 13.4. The molecule has 186 valence electrons. The first-order chi connectivity index (χ1) is 14.2. The predicted molar refractivity (Wildman–Crippen MR) is 125 cm³/mol. The molecule has 8 nitrogen and oxygen atoms in total. The predicted octanol–water partition coefficient (Wildman–Crippen LogP) is 1.29. The molecule has 0 radical (unpaired) electrons. The minimum absolute atomic E-state index is 0.123. The highest BCUT2D eigenvalue weighted by atomic mass is 16.4. The molecule has 2 fully saturated rings. The first-order valence-corrected chi connectivity index (χ1v) is 11.7. The van der Waals surface area contributed by atoms with E-state index in [1.807, 2.05) is 13.8 Å². The van der Waals surface area contributed by atoms with E-state index in [-0.39, 0.29) is 35.8 Å². The molecule has 0 aromatic heterocycles. The van der Waals surface area contributed by atoms with E-state index < -0.39 is 33.8 Å². The summed E-state index contributed by atoms with van der Waals surface area (Å²) in [6, 6.07) is -0.255. The third-order valence-electron chi connectivity index (χ3n) is 7.81. The molecule has 0 heterocycles. The van der Waals surface area contributed by atoms with Crippen LogP contribution < -0.4 is 22.9 Å². The molecule has 0 bridgehead atoms. The van der Waals surface area contributed by atoms with E-state index in [2.05, 4.69) is 27.7 Å². The van der Waals surface area contributed by atoms with Gasteiger partial charge in [-0.2, -0.15) is 0 Å². The molecule has 6 atom stereocenters. The first kappa shape index (κ1) is 27.0. The molecule has 6 unspecified atom stereocenters. The summed E-state index contributed by atoms with van der Waals surface area (Å²) in [5, 5.41) is 23.4.